The number of alkyl halides is 3. The van der Waals surface area contributed by atoms with Crippen molar-refractivity contribution in [2.45, 2.75) is 25.2 Å². The smallest absolute Gasteiger partial charge is 0.350 e. The van der Waals surface area contributed by atoms with E-state index in [1.165, 1.54) is 41.3 Å². The van der Waals surface area contributed by atoms with Gasteiger partial charge in [0.15, 0.2) is 0 Å². The van der Waals surface area contributed by atoms with Gasteiger partial charge in [0.05, 0.1) is 22.9 Å². The minimum atomic E-state index is -4.77. The first-order chi connectivity index (χ1) is 14.1. The van der Waals surface area contributed by atoms with E-state index in [2.05, 4.69) is 10.8 Å². The normalized spacial score (nSPS) is 18.8. The number of hydroxylamine groups is 1. The molecule has 0 spiro atoms. The molecule has 0 saturated carbocycles. The van der Waals surface area contributed by atoms with E-state index >= 15 is 0 Å². The summed E-state index contributed by atoms with van der Waals surface area (Å²) in [5.41, 5.74) is 0.482. The number of amides is 1. The van der Waals surface area contributed by atoms with Crippen molar-refractivity contribution in [1.82, 2.24) is 10.8 Å². The van der Waals surface area contributed by atoms with Crippen LogP contribution in [-0.4, -0.2) is 24.1 Å². The van der Waals surface area contributed by atoms with Crippen LogP contribution in [0.2, 0.25) is 10.0 Å². The van der Waals surface area contributed by atoms with E-state index in [0.29, 0.717) is 17.2 Å². The molecule has 30 heavy (non-hydrogen) atoms. The van der Waals surface area contributed by atoms with Gasteiger partial charge in [0.25, 0.3) is 0 Å². The molecule has 1 aliphatic rings. The van der Waals surface area contributed by atoms with Gasteiger partial charge in [-0.1, -0.05) is 23.2 Å². The Kier molecular flexibility index (Phi) is 6.98. The molecule has 2 heterocycles. The first kappa shape index (κ1) is 23.3. The summed E-state index contributed by atoms with van der Waals surface area (Å²) in [6, 6.07) is 5.45. The molecule has 0 aliphatic carbocycles. The highest BCUT2D eigenvalue weighted by molar-refractivity contribution is 7.99. The number of aryl methyl sites for hydroxylation is 1. The number of carbonyl (C=O) groups excluding carboxylic acids is 1. The maximum Gasteiger partial charge on any atom is 0.428 e. The molecular formula is C19H17Cl2F3N2O2S2. The van der Waals surface area contributed by atoms with Crippen molar-refractivity contribution in [1.29, 1.82) is 0 Å². The summed E-state index contributed by atoms with van der Waals surface area (Å²) in [6.45, 7) is 2.14. The van der Waals surface area contributed by atoms with Crippen LogP contribution < -0.4 is 10.8 Å². The fraction of sp³-hybridized carbons (Fsp3) is 0.316. The molecule has 11 heteroatoms. The summed E-state index contributed by atoms with van der Waals surface area (Å²) < 4.78 is 42.2. The van der Waals surface area contributed by atoms with Crippen LogP contribution in [0.25, 0.3) is 5.70 Å². The second-order valence-corrected chi connectivity index (χ2v) is 9.46. The molecule has 1 amide bonds. The topological polar surface area (TPSA) is 50.4 Å². The minimum Gasteiger partial charge on any atom is -0.350 e. The van der Waals surface area contributed by atoms with E-state index in [-0.39, 0.29) is 27.2 Å². The first-order valence-corrected chi connectivity index (χ1v) is 11.6. The van der Waals surface area contributed by atoms with E-state index in [1.54, 1.807) is 6.07 Å². The van der Waals surface area contributed by atoms with Gasteiger partial charge in [-0.15, -0.1) is 11.3 Å². The van der Waals surface area contributed by atoms with E-state index in [4.69, 9.17) is 28.0 Å². The molecule has 0 fully saturated rings. The van der Waals surface area contributed by atoms with E-state index in [0.717, 1.165) is 16.5 Å². The van der Waals surface area contributed by atoms with Crippen LogP contribution in [0.4, 0.5) is 13.2 Å². The summed E-state index contributed by atoms with van der Waals surface area (Å²) in [7, 11) is 0. The van der Waals surface area contributed by atoms with Gasteiger partial charge in [0, 0.05) is 20.5 Å². The lowest BCUT2D eigenvalue weighted by atomic mass is 9.92. The van der Waals surface area contributed by atoms with Gasteiger partial charge in [-0.25, -0.2) is 0 Å². The number of hydrogen-bond acceptors (Lipinski definition) is 5. The van der Waals surface area contributed by atoms with E-state index in [1.807, 2.05) is 13.2 Å². The number of benzene rings is 1. The molecule has 3 rings (SSSR count). The molecule has 1 atom stereocenters. The van der Waals surface area contributed by atoms with Crippen LogP contribution in [0.1, 0.15) is 20.9 Å². The Balaban J connectivity index is 1.94. The average Bonchev–Trinajstić information content (AvgIpc) is 3.24. The van der Waals surface area contributed by atoms with Gasteiger partial charge in [-0.05, 0) is 49.1 Å². The zero-order valence-corrected chi connectivity index (χ0v) is 19.0. The quantitative estimate of drug-likeness (QED) is 0.540. The van der Waals surface area contributed by atoms with Crippen LogP contribution >= 0.6 is 46.3 Å². The molecule has 2 N–H and O–H groups in total. The van der Waals surface area contributed by atoms with Crippen LogP contribution in [0.15, 0.2) is 30.3 Å². The Bertz CT molecular complexity index is 974. The lowest BCUT2D eigenvalue weighted by Gasteiger charge is -2.28. The van der Waals surface area contributed by atoms with Crippen molar-refractivity contribution < 1.29 is 22.8 Å². The Morgan fingerprint density at radius 2 is 1.93 bits per heavy atom. The summed E-state index contributed by atoms with van der Waals surface area (Å²) in [4.78, 5) is 18.2. The fourth-order valence-corrected chi connectivity index (χ4v) is 4.89. The molecule has 0 saturated heterocycles. The maximum absolute atomic E-state index is 14.1. The number of thiophene rings is 1. The largest absolute Gasteiger partial charge is 0.428 e. The second-order valence-electron chi connectivity index (χ2n) is 6.58. The predicted octanol–water partition coefficient (Wildman–Crippen LogP) is 5.68. The maximum atomic E-state index is 14.1. The molecule has 1 unspecified atom stereocenters. The van der Waals surface area contributed by atoms with Crippen LogP contribution in [-0.2, 0) is 21.8 Å². The van der Waals surface area contributed by atoms with Gasteiger partial charge in [-0.3, -0.25) is 15.1 Å². The van der Waals surface area contributed by atoms with Gasteiger partial charge in [-0.2, -0.15) is 24.9 Å². The molecule has 1 aromatic carbocycles. The van der Waals surface area contributed by atoms with Crippen LogP contribution in [0.5, 0.6) is 0 Å². The van der Waals surface area contributed by atoms with Gasteiger partial charge in [0.1, 0.15) is 0 Å². The third-order valence-electron chi connectivity index (χ3n) is 4.39. The molecule has 0 radical (unpaired) electrons. The number of hydrogen-bond donors (Lipinski definition) is 2. The molecule has 0 bridgehead atoms. The van der Waals surface area contributed by atoms with Crippen molar-refractivity contribution >= 4 is 57.9 Å². The van der Waals surface area contributed by atoms with Crippen molar-refractivity contribution in [2.24, 2.45) is 0 Å². The van der Waals surface area contributed by atoms with Crippen molar-refractivity contribution in [3.8, 4) is 0 Å². The summed E-state index contributed by atoms with van der Waals surface area (Å²) >= 11 is 14.5. The van der Waals surface area contributed by atoms with Crippen molar-refractivity contribution in [2.75, 3.05) is 12.0 Å². The lowest BCUT2D eigenvalue weighted by Crippen LogP contribution is -2.42. The standard InChI is InChI=1S/C19H17Cl2F3N2O2S2/c1-10-3-15(30-16(10)8-25-17(27)9-29-2)14-7-18(28-26-14,19(22,23)24)11-4-12(20)6-13(21)5-11/h3-7,26H,8-9H2,1-2H3,(H,25,27). The van der Waals surface area contributed by atoms with E-state index < -0.39 is 11.8 Å². The van der Waals surface area contributed by atoms with Gasteiger partial charge >= 0.3 is 6.18 Å². The van der Waals surface area contributed by atoms with Gasteiger partial charge in [0.2, 0.25) is 11.5 Å². The zero-order chi connectivity index (χ0) is 22.1. The number of rotatable bonds is 6. The van der Waals surface area contributed by atoms with Gasteiger partial charge < -0.3 is 5.32 Å². The minimum absolute atomic E-state index is 0.0711. The molecular weight excluding hydrogens is 480 g/mol. The fourth-order valence-electron chi connectivity index (χ4n) is 2.92. The summed E-state index contributed by atoms with van der Waals surface area (Å²) in [6.07, 6.45) is -1.96. The Morgan fingerprint density at radius 3 is 2.53 bits per heavy atom. The second kappa shape index (κ2) is 9.00. The van der Waals surface area contributed by atoms with E-state index in [9.17, 15) is 18.0 Å². The van der Waals surface area contributed by atoms with Crippen LogP contribution in [0.3, 0.4) is 0 Å². The molecule has 1 aliphatic heterocycles. The first-order valence-electron chi connectivity index (χ1n) is 8.61. The number of carbonyl (C=O) groups is 1. The number of halogens is 5. The summed E-state index contributed by atoms with van der Waals surface area (Å²) in [5.74, 6) is 0.237. The molecule has 1 aromatic heterocycles. The van der Waals surface area contributed by atoms with Crippen LogP contribution in [0, 0.1) is 6.92 Å². The third kappa shape index (κ3) is 4.75. The monoisotopic (exact) mass is 496 g/mol. The molecule has 2 aromatic rings. The van der Waals surface area contributed by atoms with Crippen molar-refractivity contribution in [3.63, 3.8) is 0 Å². The highest BCUT2D eigenvalue weighted by Crippen LogP contribution is 2.48. The van der Waals surface area contributed by atoms with Crippen molar-refractivity contribution in [3.05, 3.63) is 61.3 Å². The number of nitrogens with one attached hydrogen (secondary N) is 2. The summed E-state index contributed by atoms with van der Waals surface area (Å²) in [5, 5.41) is 2.94. The SMILES string of the molecule is CSCC(=O)NCc1sc(C2=CC(c3cc(Cl)cc(Cl)c3)(C(F)(F)F)ON2)cc1C. The highest BCUT2D eigenvalue weighted by atomic mass is 35.5. The third-order valence-corrected chi connectivity index (χ3v) is 6.65. The average molecular weight is 497 g/mol. The molecule has 162 valence electrons. The Morgan fingerprint density at radius 1 is 1.27 bits per heavy atom. The Hall–Kier alpha value is -1.39. The predicted molar refractivity (Wildman–Crippen MR) is 116 cm³/mol. The lowest BCUT2D eigenvalue weighted by molar-refractivity contribution is -0.269. The number of thioether (sulfide) groups is 1. The zero-order valence-electron chi connectivity index (χ0n) is 15.8. The highest BCUT2D eigenvalue weighted by Gasteiger charge is 2.59. The Labute approximate surface area is 189 Å². The molecule has 4 nitrogen and oxygen atoms in total.